The van der Waals surface area contributed by atoms with Gasteiger partial charge in [-0.25, -0.2) is 0 Å². The maximum atomic E-state index is 12.0. The zero-order valence-electron chi connectivity index (χ0n) is 12.1. The lowest BCUT2D eigenvalue weighted by Crippen LogP contribution is -2.28. The number of hydrogen-bond acceptors (Lipinski definition) is 3. The molecular weight excluding hydrogens is 254 g/mol. The van der Waals surface area contributed by atoms with Crippen molar-refractivity contribution < 1.29 is 14.6 Å². The highest BCUT2D eigenvalue weighted by Gasteiger charge is 2.45. The summed E-state index contributed by atoms with van der Waals surface area (Å²) in [6, 6.07) is 7.87. The molecule has 0 heterocycles. The van der Waals surface area contributed by atoms with Gasteiger partial charge in [0.2, 0.25) is 5.91 Å². The van der Waals surface area contributed by atoms with E-state index in [1.807, 2.05) is 31.2 Å². The standard InChI is InChI=1S/C16H23NO3/c1-3-11(18)8-9-17-16(19)14-10-13(14)12-6-4-5-7-15(12)20-2/h4-7,11,13-14,18H,3,8-10H2,1-2H3,(H,17,19). The summed E-state index contributed by atoms with van der Waals surface area (Å²) in [5.74, 6) is 1.26. The molecule has 4 nitrogen and oxygen atoms in total. The van der Waals surface area contributed by atoms with Gasteiger partial charge in [-0.1, -0.05) is 25.1 Å². The molecule has 20 heavy (non-hydrogen) atoms. The van der Waals surface area contributed by atoms with E-state index in [9.17, 15) is 9.90 Å². The number of carbonyl (C=O) groups is 1. The van der Waals surface area contributed by atoms with Gasteiger partial charge in [0, 0.05) is 12.5 Å². The number of rotatable bonds is 7. The van der Waals surface area contributed by atoms with Crippen LogP contribution in [0.1, 0.15) is 37.7 Å². The van der Waals surface area contributed by atoms with Crippen LogP contribution in [0.4, 0.5) is 0 Å². The van der Waals surface area contributed by atoms with Gasteiger partial charge in [0.1, 0.15) is 5.75 Å². The molecule has 1 aromatic carbocycles. The Bertz CT molecular complexity index is 461. The smallest absolute Gasteiger partial charge is 0.223 e. The van der Waals surface area contributed by atoms with Crippen molar-refractivity contribution in [2.45, 2.75) is 38.2 Å². The highest BCUT2D eigenvalue weighted by molar-refractivity contribution is 5.83. The number of aliphatic hydroxyl groups is 1. The summed E-state index contributed by atoms with van der Waals surface area (Å²) in [4.78, 5) is 12.0. The van der Waals surface area contributed by atoms with E-state index in [1.165, 1.54) is 0 Å². The lowest BCUT2D eigenvalue weighted by atomic mass is 10.1. The van der Waals surface area contributed by atoms with Crippen LogP contribution in [-0.2, 0) is 4.79 Å². The summed E-state index contributed by atoms with van der Waals surface area (Å²) in [6.45, 7) is 2.48. The van der Waals surface area contributed by atoms with Crippen molar-refractivity contribution in [3.8, 4) is 5.75 Å². The predicted molar refractivity (Wildman–Crippen MR) is 77.8 cm³/mol. The number of aliphatic hydroxyl groups excluding tert-OH is 1. The van der Waals surface area contributed by atoms with Crippen LogP contribution in [0.3, 0.4) is 0 Å². The lowest BCUT2D eigenvalue weighted by Gasteiger charge is -2.10. The van der Waals surface area contributed by atoms with E-state index in [0.717, 1.165) is 24.2 Å². The molecule has 0 aliphatic heterocycles. The van der Waals surface area contributed by atoms with E-state index in [1.54, 1.807) is 7.11 Å². The third kappa shape index (κ3) is 3.51. The number of nitrogens with one attached hydrogen (secondary N) is 1. The van der Waals surface area contributed by atoms with E-state index >= 15 is 0 Å². The maximum absolute atomic E-state index is 12.0. The fourth-order valence-corrected chi connectivity index (χ4v) is 2.50. The van der Waals surface area contributed by atoms with Crippen molar-refractivity contribution in [2.24, 2.45) is 5.92 Å². The van der Waals surface area contributed by atoms with Crippen LogP contribution < -0.4 is 10.1 Å². The number of para-hydroxylation sites is 1. The fourth-order valence-electron chi connectivity index (χ4n) is 2.50. The molecule has 4 heteroatoms. The average molecular weight is 277 g/mol. The van der Waals surface area contributed by atoms with E-state index < -0.39 is 0 Å². The highest BCUT2D eigenvalue weighted by Crippen LogP contribution is 2.50. The van der Waals surface area contributed by atoms with Crippen LogP contribution in [0.15, 0.2) is 24.3 Å². The molecule has 2 N–H and O–H groups in total. The number of hydrogen-bond donors (Lipinski definition) is 2. The molecular formula is C16H23NO3. The fraction of sp³-hybridized carbons (Fsp3) is 0.562. The first kappa shape index (κ1) is 14.9. The molecule has 1 fully saturated rings. The largest absolute Gasteiger partial charge is 0.496 e. The molecule has 0 saturated heterocycles. The van der Waals surface area contributed by atoms with Crippen molar-refractivity contribution in [3.05, 3.63) is 29.8 Å². The first-order valence-corrected chi connectivity index (χ1v) is 7.26. The second kappa shape index (κ2) is 6.75. The molecule has 1 aromatic rings. The third-order valence-corrected chi connectivity index (χ3v) is 3.91. The maximum Gasteiger partial charge on any atom is 0.223 e. The topological polar surface area (TPSA) is 58.6 Å². The Balaban J connectivity index is 1.83. The minimum absolute atomic E-state index is 0.0464. The van der Waals surface area contributed by atoms with Crippen molar-refractivity contribution in [3.63, 3.8) is 0 Å². The van der Waals surface area contributed by atoms with Crippen LogP contribution in [0.25, 0.3) is 0 Å². The molecule has 0 aromatic heterocycles. The Kier molecular flexibility index (Phi) is 5.01. The molecule has 0 bridgehead atoms. The second-order valence-electron chi connectivity index (χ2n) is 5.33. The SMILES string of the molecule is CCC(O)CCNC(=O)C1CC1c1ccccc1OC. The number of ether oxygens (including phenoxy) is 1. The molecule has 3 unspecified atom stereocenters. The Hall–Kier alpha value is -1.55. The molecule has 2 rings (SSSR count). The van der Waals surface area contributed by atoms with Crippen molar-refractivity contribution in [2.75, 3.05) is 13.7 Å². The van der Waals surface area contributed by atoms with E-state index in [2.05, 4.69) is 5.32 Å². The van der Waals surface area contributed by atoms with Crippen LogP contribution >= 0.6 is 0 Å². The first-order valence-electron chi connectivity index (χ1n) is 7.26. The number of methoxy groups -OCH3 is 1. The first-order chi connectivity index (χ1) is 9.67. The van der Waals surface area contributed by atoms with Gasteiger partial charge >= 0.3 is 0 Å². The molecule has 3 atom stereocenters. The summed E-state index contributed by atoms with van der Waals surface area (Å²) in [7, 11) is 1.66. The van der Waals surface area contributed by atoms with E-state index in [0.29, 0.717) is 13.0 Å². The summed E-state index contributed by atoms with van der Waals surface area (Å²) in [6.07, 6.45) is 1.90. The van der Waals surface area contributed by atoms with Gasteiger partial charge < -0.3 is 15.2 Å². The predicted octanol–water partition coefficient (Wildman–Crippen LogP) is 2.08. The number of benzene rings is 1. The van der Waals surface area contributed by atoms with Gasteiger partial charge in [0.05, 0.1) is 13.2 Å². The average Bonchev–Trinajstić information content (AvgIpc) is 3.27. The molecule has 110 valence electrons. The van der Waals surface area contributed by atoms with Gasteiger partial charge in [-0.2, -0.15) is 0 Å². The van der Waals surface area contributed by atoms with E-state index in [-0.39, 0.29) is 23.8 Å². The Morgan fingerprint density at radius 1 is 1.50 bits per heavy atom. The summed E-state index contributed by atoms with van der Waals surface area (Å²) in [5, 5.41) is 12.4. The molecule has 1 aliphatic carbocycles. The van der Waals surface area contributed by atoms with Crippen LogP contribution in [0, 0.1) is 5.92 Å². The second-order valence-corrected chi connectivity index (χ2v) is 5.33. The molecule has 0 spiro atoms. The van der Waals surface area contributed by atoms with Crippen molar-refractivity contribution in [1.29, 1.82) is 0 Å². The minimum atomic E-state index is -0.320. The van der Waals surface area contributed by atoms with E-state index in [4.69, 9.17) is 4.74 Å². The molecule has 0 radical (unpaired) electrons. The summed E-state index contributed by atoms with van der Waals surface area (Å²) >= 11 is 0. The van der Waals surface area contributed by atoms with Gasteiger partial charge in [0.15, 0.2) is 0 Å². The molecule has 1 aliphatic rings. The molecule has 1 saturated carbocycles. The van der Waals surface area contributed by atoms with Crippen LogP contribution in [0.2, 0.25) is 0 Å². The third-order valence-electron chi connectivity index (χ3n) is 3.91. The Labute approximate surface area is 120 Å². The Morgan fingerprint density at radius 3 is 2.95 bits per heavy atom. The summed E-state index contributed by atoms with van der Waals surface area (Å²) < 4.78 is 5.34. The number of carbonyl (C=O) groups excluding carboxylic acids is 1. The Morgan fingerprint density at radius 2 is 2.25 bits per heavy atom. The zero-order chi connectivity index (χ0) is 14.5. The van der Waals surface area contributed by atoms with Crippen molar-refractivity contribution >= 4 is 5.91 Å². The zero-order valence-corrected chi connectivity index (χ0v) is 12.1. The van der Waals surface area contributed by atoms with Crippen molar-refractivity contribution in [1.82, 2.24) is 5.32 Å². The quantitative estimate of drug-likeness (QED) is 0.802. The van der Waals surface area contributed by atoms with Gasteiger partial charge in [0.25, 0.3) is 0 Å². The minimum Gasteiger partial charge on any atom is -0.496 e. The molecule has 1 amide bonds. The highest BCUT2D eigenvalue weighted by atomic mass is 16.5. The lowest BCUT2D eigenvalue weighted by molar-refractivity contribution is -0.122. The van der Waals surface area contributed by atoms with Crippen LogP contribution in [-0.4, -0.2) is 30.8 Å². The summed E-state index contributed by atoms with van der Waals surface area (Å²) in [5.41, 5.74) is 1.11. The van der Waals surface area contributed by atoms with Gasteiger partial charge in [-0.05, 0) is 36.8 Å². The normalized spacial score (nSPS) is 22.1. The number of amides is 1. The van der Waals surface area contributed by atoms with Gasteiger partial charge in [-0.15, -0.1) is 0 Å². The van der Waals surface area contributed by atoms with Crippen LogP contribution in [0.5, 0.6) is 5.75 Å². The monoisotopic (exact) mass is 277 g/mol. The van der Waals surface area contributed by atoms with Gasteiger partial charge in [-0.3, -0.25) is 4.79 Å².